The molecule has 1 heterocycles. The molecule has 3 nitrogen and oxygen atoms in total. The van der Waals surface area contributed by atoms with E-state index >= 15 is 0 Å². The standard InChI is InChI=1S/C9H10N2OS/c10-9(12)8-5-1-3-7(11-8)4-2-6-13/h1-5,13H,6H2,(H2,10,12). The van der Waals surface area contributed by atoms with E-state index in [1.165, 1.54) is 0 Å². The van der Waals surface area contributed by atoms with Gasteiger partial charge in [-0.3, -0.25) is 4.79 Å². The van der Waals surface area contributed by atoms with Crippen molar-refractivity contribution in [3.63, 3.8) is 0 Å². The van der Waals surface area contributed by atoms with E-state index in [1.54, 1.807) is 24.3 Å². The maximum atomic E-state index is 10.7. The summed E-state index contributed by atoms with van der Waals surface area (Å²) >= 11 is 4.01. The Labute approximate surface area is 82.1 Å². The highest BCUT2D eigenvalue weighted by Gasteiger charge is 2.00. The summed E-state index contributed by atoms with van der Waals surface area (Å²) in [5.41, 5.74) is 6.06. The van der Waals surface area contributed by atoms with Crippen molar-refractivity contribution in [1.82, 2.24) is 4.98 Å². The van der Waals surface area contributed by atoms with E-state index < -0.39 is 5.91 Å². The Balaban J connectivity index is 2.92. The molecule has 0 atom stereocenters. The summed E-state index contributed by atoms with van der Waals surface area (Å²) in [5, 5.41) is 0. The van der Waals surface area contributed by atoms with Crippen LogP contribution in [0.5, 0.6) is 0 Å². The first-order valence-corrected chi connectivity index (χ1v) is 4.41. The Morgan fingerprint density at radius 3 is 3.00 bits per heavy atom. The largest absolute Gasteiger partial charge is 0.364 e. The molecule has 1 aromatic heterocycles. The van der Waals surface area contributed by atoms with Crippen molar-refractivity contribution in [3.05, 3.63) is 35.7 Å². The molecule has 13 heavy (non-hydrogen) atoms. The van der Waals surface area contributed by atoms with Gasteiger partial charge in [-0.15, -0.1) is 0 Å². The lowest BCUT2D eigenvalue weighted by Gasteiger charge is -1.95. The Morgan fingerprint density at radius 1 is 1.62 bits per heavy atom. The zero-order chi connectivity index (χ0) is 9.68. The smallest absolute Gasteiger partial charge is 0.267 e. The van der Waals surface area contributed by atoms with Gasteiger partial charge in [-0.1, -0.05) is 12.1 Å². The van der Waals surface area contributed by atoms with E-state index in [1.807, 2.05) is 6.08 Å². The van der Waals surface area contributed by atoms with Crippen molar-refractivity contribution >= 4 is 24.6 Å². The molecule has 0 spiro atoms. The molecule has 0 aromatic carbocycles. The van der Waals surface area contributed by atoms with Crippen LogP contribution in [0.3, 0.4) is 0 Å². The minimum atomic E-state index is -0.513. The molecule has 68 valence electrons. The molecule has 0 aliphatic carbocycles. The van der Waals surface area contributed by atoms with E-state index in [2.05, 4.69) is 17.6 Å². The quantitative estimate of drug-likeness (QED) is 0.708. The summed E-state index contributed by atoms with van der Waals surface area (Å²) in [7, 11) is 0. The highest BCUT2D eigenvalue weighted by Crippen LogP contribution is 2.01. The maximum absolute atomic E-state index is 10.7. The molecular weight excluding hydrogens is 184 g/mol. The van der Waals surface area contributed by atoms with Gasteiger partial charge >= 0.3 is 0 Å². The Morgan fingerprint density at radius 2 is 2.38 bits per heavy atom. The lowest BCUT2D eigenvalue weighted by atomic mass is 10.3. The number of rotatable bonds is 3. The molecule has 0 aliphatic heterocycles. The molecule has 0 radical (unpaired) electrons. The SMILES string of the molecule is NC(=O)c1cccc(C=CCS)n1. The number of nitrogens with two attached hydrogens (primary N) is 1. The maximum Gasteiger partial charge on any atom is 0.267 e. The normalized spacial score (nSPS) is 10.5. The minimum absolute atomic E-state index is 0.279. The first-order chi connectivity index (χ1) is 6.24. The number of carbonyl (C=O) groups is 1. The van der Waals surface area contributed by atoms with Gasteiger partial charge in [-0.25, -0.2) is 4.98 Å². The molecule has 4 heteroatoms. The fourth-order valence-electron chi connectivity index (χ4n) is 0.855. The van der Waals surface area contributed by atoms with Crippen LogP contribution >= 0.6 is 12.6 Å². The number of thiol groups is 1. The number of nitrogens with zero attached hydrogens (tertiary/aromatic N) is 1. The van der Waals surface area contributed by atoms with Crippen LogP contribution in [0.1, 0.15) is 16.2 Å². The highest BCUT2D eigenvalue weighted by molar-refractivity contribution is 7.80. The molecule has 1 amide bonds. The summed E-state index contributed by atoms with van der Waals surface area (Å²) < 4.78 is 0. The fourth-order valence-corrected chi connectivity index (χ4v) is 0.960. The van der Waals surface area contributed by atoms with E-state index in [4.69, 9.17) is 5.73 Å². The molecule has 0 saturated carbocycles. The van der Waals surface area contributed by atoms with Gasteiger partial charge in [0.15, 0.2) is 0 Å². The molecule has 0 saturated heterocycles. The topological polar surface area (TPSA) is 56.0 Å². The summed E-state index contributed by atoms with van der Waals surface area (Å²) in [5.74, 6) is 0.128. The minimum Gasteiger partial charge on any atom is -0.364 e. The van der Waals surface area contributed by atoms with Crippen LogP contribution in [0.2, 0.25) is 0 Å². The zero-order valence-corrected chi connectivity index (χ0v) is 7.87. The van der Waals surface area contributed by atoms with E-state index in [9.17, 15) is 4.79 Å². The summed E-state index contributed by atoms with van der Waals surface area (Å²) in [4.78, 5) is 14.8. The predicted octanol–water partition coefficient (Wildman–Crippen LogP) is 1.12. The second-order valence-corrected chi connectivity index (χ2v) is 2.76. The van der Waals surface area contributed by atoms with Gasteiger partial charge in [0.2, 0.25) is 0 Å². The van der Waals surface area contributed by atoms with Gasteiger partial charge in [-0.2, -0.15) is 12.6 Å². The number of hydrogen-bond donors (Lipinski definition) is 2. The molecule has 1 aromatic rings. The van der Waals surface area contributed by atoms with Crippen LogP contribution in [0.4, 0.5) is 0 Å². The monoisotopic (exact) mass is 194 g/mol. The molecule has 1 rings (SSSR count). The third-order valence-corrected chi connectivity index (χ3v) is 1.63. The molecule has 0 fully saturated rings. The van der Waals surface area contributed by atoms with Gasteiger partial charge in [0.1, 0.15) is 5.69 Å². The summed E-state index contributed by atoms with van der Waals surface area (Å²) in [6.07, 6.45) is 3.63. The van der Waals surface area contributed by atoms with Gasteiger partial charge in [0, 0.05) is 5.75 Å². The van der Waals surface area contributed by atoms with Crippen LogP contribution in [-0.2, 0) is 0 Å². The number of amides is 1. The van der Waals surface area contributed by atoms with Gasteiger partial charge in [0.25, 0.3) is 5.91 Å². The number of aromatic nitrogens is 1. The summed E-state index contributed by atoms with van der Waals surface area (Å²) in [6.45, 7) is 0. The van der Waals surface area contributed by atoms with E-state index in [0.717, 1.165) is 0 Å². The van der Waals surface area contributed by atoms with Crippen molar-refractivity contribution in [2.24, 2.45) is 5.73 Å². The first kappa shape index (κ1) is 9.80. The zero-order valence-electron chi connectivity index (χ0n) is 6.97. The van der Waals surface area contributed by atoms with Crippen LogP contribution in [0.25, 0.3) is 6.08 Å². The molecule has 0 unspecified atom stereocenters. The molecule has 0 aliphatic rings. The second-order valence-electron chi connectivity index (χ2n) is 2.40. The van der Waals surface area contributed by atoms with Crippen molar-refractivity contribution in [3.8, 4) is 0 Å². The van der Waals surface area contributed by atoms with Crippen LogP contribution in [-0.4, -0.2) is 16.6 Å². The summed E-state index contributed by atoms with van der Waals surface area (Å²) in [6, 6.07) is 5.12. The van der Waals surface area contributed by atoms with Crippen LogP contribution in [0.15, 0.2) is 24.3 Å². The number of pyridine rings is 1. The second kappa shape index (κ2) is 4.67. The Bertz CT molecular complexity index is 336. The van der Waals surface area contributed by atoms with Crippen LogP contribution in [0, 0.1) is 0 Å². The van der Waals surface area contributed by atoms with Crippen molar-refractivity contribution < 1.29 is 4.79 Å². The first-order valence-electron chi connectivity index (χ1n) is 3.78. The predicted molar refractivity (Wildman–Crippen MR) is 55.6 cm³/mol. The number of carbonyl (C=O) groups excluding carboxylic acids is 1. The number of primary amides is 1. The molecule has 2 N–H and O–H groups in total. The van der Waals surface area contributed by atoms with Crippen molar-refractivity contribution in [1.29, 1.82) is 0 Å². The lowest BCUT2D eigenvalue weighted by Crippen LogP contribution is -2.13. The average molecular weight is 194 g/mol. The third kappa shape index (κ3) is 2.91. The van der Waals surface area contributed by atoms with Gasteiger partial charge < -0.3 is 5.73 Å². The van der Waals surface area contributed by atoms with Crippen molar-refractivity contribution in [2.45, 2.75) is 0 Å². The molecular formula is C9H10N2OS. The average Bonchev–Trinajstić information content (AvgIpc) is 2.15. The van der Waals surface area contributed by atoms with Gasteiger partial charge in [-0.05, 0) is 18.2 Å². The number of hydrogen-bond acceptors (Lipinski definition) is 3. The third-order valence-electron chi connectivity index (χ3n) is 1.42. The van der Waals surface area contributed by atoms with E-state index in [-0.39, 0.29) is 5.69 Å². The van der Waals surface area contributed by atoms with Crippen LogP contribution < -0.4 is 5.73 Å². The van der Waals surface area contributed by atoms with Crippen molar-refractivity contribution in [2.75, 3.05) is 5.75 Å². The van der Waals surface area contributed by atoms with E-state index in [0.29, 0.717) is 11.4 Å². The fraction of sp³-hybridized carbons (Fsp3) is 0.111. The Kier molecular flexibility index (Phi) is 3.52. The lowest BCUT2D eigenvalue weighted by molar-refractivity contribution is 0.0995. The van der Waals surface area contributed by atoms with Gasteiger partial charge in [0.05, 0.1) is 5.69 Å². The molecule has 0 bridgehead atoms. The highest BCUT2D eigenvalue weighted by atomic mass is 32.1. The Hall–Kier alpha value is -1.29.